The van der Waals surface area contributed by atoms with E-state index in [2.05, 4.69) is 5.32 Å². The highest BCUT2D eigenvalue weighted by Crippen LogP contribution is 2.27. The summed E-state index contributed by atoms with van der Waals surface area (Å²) in [5.41, 5.74) is 1.34. The van der Waals surface area contributed by atoms with Crippen molar-refractivity contribution in [3.63, 3.8) is 0 Å². The number of benzene rings is 1. The molecule has 2 aromatic rings. The average molecular weight is 374 g/mol. The minimum absolute atomic E-state index is 0.0955. The molecule has 1 aromatic carbocycles. The molecule has 27 heavy (non-hydrogen) atoms. The van der Waals surface area contributed by atoms with Crippen molar-refractivity contribution in [2.24, 2.45) is 0 Å². The van der Waals surface area contributed by atoms with Crippen LogP contribution in [0.3, 0.4) is 0 Å². The number of nitrogens with zero attached hydrogens (tertiary/aromatic N) is 1. The smallest absolute Gasteiger partial charge is 0.263 e. The van der Waals surface area contributed by atoms with Gasteiger partial charge in [0.25, 0.3) is 11.5 Å². The van der Waals surface area contributed by atoms with E-state index in [1.807, 2.05) is 18.2 Å². The maximum atomic E-state index is 12.7. The Hall–Kier alpha value is -2.80. The van der Waals surface area contributed by atoms with Crippen molar-refractivity contribution < 1.29 is 19.4 Å². The van der Waals surface area contributed by atoms with Gasteiger partial charge in [0.15, 0.2) is 11.5 Å². The van der Waals surface area contributed by atoms with Crippen molar-refractivity contribution in [2.45, 2.75) is 32.9 Å². The topological polar surface area (TPSA) is 89.8 Å². The molecule has 0 spiro atoms. The van der Waals surface area contributed by atoms with E-state index >= 15 is 0 Å². The van der Waals surface area contributed by atoms with Crippen LogP contribution in [0.4, 0.5) is 0 Å². The fourth-order valence-corrected chi connectivity index (χ4v) is 2.73. The molecule has 7 nitrogen and oxygen atoms in total. The van der Waals surface area contributed by atoms with Gasteiger partial charge in [0.2, 0.25) is 0 Å². The Kier molecular flexibility index (Phi) is 7.01. The number of aromatic nitrogens is 1. The fraction of sp³-hybridized carbons (Fsp3) is 0.400. The lowest BCUT2D eigenvalue weighted by molar-refractivity contribution is 0.0921. The van der Waals surface area contributed by atoms with Crippen molar-refractivity contribution >= 4 is 5.91 Å². The number of hydrogen-bond acceptors (Lipinski definition) is 5. The molecule has 146 valence electrons. The molecule has 1 atom stereocenters. The summed E-state index contributed by atoms with van der Waals surface area (Å²) in [6.45, 7) is 3.81. The number of hydrogen-bond donors (Lipinski definition) is 2. The SMILES string of the molecule is COc1ccc(CCn2ccc(C)c(C(=O)NCC(C)O)c2=O)cc1OC. The Morgan fingerprint density at radius 3 is 2.56 bits per heavy atom. The van der Waals surface area contributed by atoms with Crippen molar-refractivity contribution in [3.05, 3.63) is 57.5 Å². The van der Waals surface area contributed by atoms with Crippen LogP contribution in [0.25, 0.3) is 0 Å². The third kappa shape index (κ3) is 5.10. The van der Waals surface area contributed by atoms with Gasteiger partial charge in [0.1, 0.15) is 5.56 Å². The zero-order valence-electron chi connectivity index (χ0n) is 16.1. The molecule has 0 saturated carbocycles. The Labute approximate surface area is 158 Å². The van der Waals surface area contributed by atoms with E-state index in [1.165, 1.54) is 4.57 Å². The number of ether oxygens (including phenoxy) is 2. The second kappa shape index (κ2) is 9.23. The van der Waals surface area contributed by atoms with Crippen molar-refractivity contribution in [1.29, 1.82) is 0 Å². The summed E-state index contributed by atoms with van der Waals surface area (Å²) >= 11 is 0. The first-order valence-electron chi connectivity index (χ1n) is 8.74. The second-order valence-corrected chi connectivity index (χ2v) is 6.37. The van der Waals surface area contributed by atoms with Crippen LogP contribution >= 0.6 is 0 Å². The number of nitrogens with one attached hydrogen (secondary N) is 1. The lowest BCUT2D eigenvalue weighted by Gasteiger charge is -2.13. The summed E-state index contributed by atoms with van der Waals surface area (Å²) in [5.74, 6) is 0.800. The highest BCUT2D eigenvalue weighted by molar-refractivity contribution is 5.95. The van der Waals surface area contributed by atoms with E-state index in [0.717, 1.165) is 5.56 Å². The van der Waals surface area contributed by atoms with Gasteiger partial charge in [-0.15, -0.1) is 0 Å². The van der Waals surface area contributed by atoms with Gasteiger partial charge in [-0.05, 0) is 49.6 Å². The molecule has 0 aliphatic heterocycles. The molecule has 1 amide bonds. The summed E-state index contributed by atoms with van der Waals surface area (Å²) in [4.78, 5) is 25.0. The van der Waals surface area contributed by atoms with Gasteiger partial charge in [-0.25, -0.2) is 0 Å². The minimum Gasteiger partial charge on any atom is -0.493 e. The molecule has 2 rings (SSSR count). The first-order valence-corrected chi connectivity index (χ1v) is 8.74. The van der Waals surface area contributed by atoms with E-state index in [0.29, 0.717) is 30.0 Å². The maximum Gasteiger partial charge on any atom is 0.263 e. The van der Waals surface area contributed by atoms with Crippen LogP contribution < -0.4 is 20.3 Å². The van der Waals surface area contributed by atoms with Gasteiger partial charge in [0, 0.05) is 19.3 Å². The van der Waals surface area contributed by atoms with E-state index in [-0.39, 0.29) is 17.7 Å². The second-order valence-electron chi connectivity index (χ2n) is 6.37. The van der Waals surface area contributed by atoms with Crippen LogP contribution in [-0.4, -0.2) is 42.4 Å². The van der Waals surface area contributed by atoms with Crippen LogP contribution in [0.5, 0.6) is 11.5 Å². The minimum atomic E-state index is -0.676. The third-order valence-corrected chi connectivity index (χ3v) is 4.25. The zero-order chi connectivity index (χ0) is 20.0. The molecule has 0 fully saturated rings. The monoisotopic (exact) mass is 374 g/mol. The van der Waals surface area contributed by atoms with Crippen LogP contribution in [-0.2, 0) is 13.0 Å². The average Bonchev–Trinajstić information content (AvgIpc) is 2.65. The predicted molar refractivity (Wildman–Crippen MR) is 103 cm³/mol. The molecule has 0 aliphatic rings. The molecule has 0 radical (unpaired) electrons. The molecule has 1 unspecified atom stereocenters. The maximum absolute atomic E-state index is 12.7. The fourth-order valence-electron chi connectivity index (χ4n) is 2.73. The highest BCUT2D eigenvalue weighted by Gasteiger charge is 2.16. The van der Waals surface area contributed by atoms with Gasteiger partial charge in [-0.3, -0.25) is 9.59 Å². The number of aliphatic hydroxyl groups is 1. The molecule has 7 heteroatoms. The molecule has 0 aliphatic carbocycles. The number of carbonyl (C=O) groups excluding carboxylic acids is 1. The lowest BCUT2D eigenvalue weighted by atomic mass is 10.1. The molecular formula is C20H26N2O5. The Morgan fingerprint density at radius 2 is 1.93 bits per heavy atom. The quantitative estimate of drug-likeness (QED) is 0.731. The normalized spacial score (nSPS) is 11.7. The van der Waals surface area contributed by atoms with E-state index in [4.69, 9.17) is 9.47 Å². The van der Waals surface area contributed by atoms with Gasteiger partial charge in [-0.1, -0.05) is 6.07 Å². The van der Waals surface area contributed by atoms with Crippen molar-refractivity contribution in [1.82, 2.24) is 9.88 Å². The molecular weight excluding hydrogens is 348 g/mol. The summed E-state index contributed by atoms with van der Waals surface area (Å²) in [5, 5.41) is 11.9. The molecule has 0 bridgehead atoms. The zero-order valence-corrected chi connectivity index (χ0v) is 16.1. The van der Waals surface area contributed by atoms with Crippen LogP contribution in [0.2, 0.25) is 0 Å². The van der Waals surface area contributed by atoms with Crippen LogP contribution in [0.1, 0.15) is 28.4 Å². The number of carbonyl (C=O) groups is 1. The van der Waals surface area contributed by atoms with E-state index in [1.54, 1.807) is 40.3 Å². The first kappa shape index (κ1) is 20.5. The summed E-state index contributed by atoms with van der Waals surface area (Å²) < 4.78 is 12.0. The van der Waals surface area contributed by atoms with Gasteiger partial charge in [-0.2, -0.15) is 0 Å². The van der Waals surface area contributed by atoms with Gasteiger partial charge in [0.05, 0.1) is 20.3 Å². The Bertz CT molecular complexity index is 858. The number of aliphatic hydroxyl groups excluding tert-OH is 1. The lowest BCUT2D eigenvalue weighted by Crippen LogP contribution is -2.37. The number of methoxy groups -OCH3 is 2. The Balaban J connectivity index is 2.19. The highest BCUT2D eigenvalue weighted by atomic mass is 16.5. The number of pyridine rings is 1. The van der Waals surface area contributed by atoms with Gasteiger partial charge < -0.3 is 24.5 Å². The summed E-state index contributed by atoms with van der Waals surface area (Å²) in [7, 11) is 3.15. The molecule has 2 N–H and O–H groups in total. The van der Waals surface area contributed by atoms with Gasteiger partial charge >= 0.3 is 0 Å². The number of rotatable bonds is 8. The standard InChI is InChI=1S/C20H26N2O5/c1-13-7-9-22(20(25)18(13)19(24)21-12-14(2)23)10-8-15-5-6-16(26-3)17(11-15)27-4/h5-7,9,11,14,23H,8,10,12H2,1-4H3,(H,21,24). The van der Waals surface area contributed by atoms with Crippen molar-refractivity contribution in [2.75, 3.05) is 20.8 Å². The largest absolute Gasteiger partial charge is 0.493 e. The summed E-state index contributed by atoms with van der Waals surface area (Å²) in [6, 6.07) is 7.35. The van der Waals surface area contributed by atoms with Crippen LogP contribution in [0, 0.1) is 6.92 Å². The molecule has 0 saturated heterocycles. The Morgan fingerprint density at radius 1 is 1.22 bits per heavy atom. The van der Waals surface area contributed by atoms with E-state index in [9.17, 15) is 14.7 Å². The molecule has 1 aromatic heterocycles. The molecule has 1 heterocycles. The van der Waals surface area contributed by atoms with Crippen molar-refractivity contribution in [3.8, 4) is 11.5 Å². The van der Waals surface area contributed by atoms with E-state index < -0.39 is 12.0 Å². The first-order chi connectivity index (χ1) is 12.9. The number of amides is 1. The summed E-state index contributed by atoms with van der Waals surface area (Å²) in [6.07, 6.45) is 1.60. The third-order valence-electron chi connectivity index (χ3n) is 4.25. The number of aryl methyl sites for hydroxylation is 3. The van der Waals surface area contributed by atoms with Crippen LogP contribution in [0.15, 0.2) is 35.3 Å². The predicted octanol–water partition coefficient (Wildman–Crippen LogP) is 1.53.